The monoisotopic (exact) mass is 325 g/mol. The zero-order valence-corrected chi connectivity index (χ0v) is 15.7. The van der Waals surface area contributed by atoms with Crippen molar-refractivity contribution in [2.45, 2.75) is 34.1 Å². The van der Waals surface area contributed by atoms with Gasteiger partial charge in [0.15, 0.2) is 0 Å². The Morgan fingerprint density at radius 1 is 1.00 bits per heavy atom. The summed E-state index contributed by atoms with van der Waals surface area (Å²) in [4.78, 5) is 0. The Morgan fingerprint density at radius 2 is 1.65 bits per heavy atom. The van der Waals surface area contributed by atoms with Crippen molar-refractivity contribution < 1.29 is 0 Å². The van der Waals surface area contributed by atoms with Gasteiger partial charge in [-0.05, 0) is 24.6 Å². The van der Waals surface area contributed by atoms with E-state index in [1.807, 2.05) is 39.6 Å². The summed E-state index contributed by atoms with van der Waals surface area (Å²) in [5.41, 5.74) is 3.80. The lowest BCUT2D eigenvalue weighted by atomic mass is 10.2. The summed E-state index contributed by atoms with van der Waals surface area (Å²) in [6, 6.07) is 10.5. The van der Waals surface area contributed by atoms with Crippen LogP contribution in [0.5, 0.6) is 0 Å². The van der Waals surface area contributed by atoms with Crippen molar-refractivity contribution >= 4 is 26.0 Å². The van der Waals surface area contributed by atoms with E-state index in [9.17, 15) is 0 Å². The largest absolute Gasteiger partial charge is 0.316 e. The Balaban J connectivity index is 0.000000615. The maximum Gasteiger partial charge on any atom is 0.0531 e. The zero-order valence-electron chi connectivity index (χ0n) is 14.7. The first-order valence-electron chi connectivity index (χ1n) is 8.41. The highest BCUT2D eigenvalue weighted by Crippen LogP contribution is 2.26. The van der Waals surface area contributed by atoms with Gasteiger partial charge in [0, 0.05) is 22.8 Å². The topological polar surface area (TPSA) is 4.93 Å². The van der Waals surface area contributed by atoms with Crippen LogP contribution in [0.3, 0.4) is 0 Å². The maximum absolute atomic E-state index is 3.87. The minimum atomic E-state index is 0.647. The van der Waals surface area contributed by atoms with Gasteiger partial charge in [0.2, 0.25) is 0 Å². The van der Waals surface area contributed by atoms with Gasteiger partial charge in [-0.2, -0.15) is 0 Å². The van der Waals surface area contributed by atoms with Crippen LogP contribution in [0.1, 0.15) is 45.4 Å². The fourth-order valence-electron chi connectivity index (χ4n) is 2.35. The number of rotatable bonds is 3. The molecule has 1 atom stereocenters. The molecule has 0 fully saturated rings. The van der Waals surface area contributed by atoms with Crippen LogP contribution in [0.2, 0.25) is 0 Å². The second kappa shape index (κ2) is 10.8. The molecule has 0 spiro atoms. The van der Waals surface area contributed by atoms with Crippen LogP contribution in [0.25, 0.3) is 17.8 Å². The van der Waals surface area contributed by atoms with Crippen molar-refractivity contribution in [1.29, 1.82) is 0 Å². The third-order valence-corrected chi connectivity index (χ3v) is 4.12. The Morgan fingerprint density at radius 3 is 2.30 bits per heavy atom. The summed E-state index contributed by atoms with van der Waals surface area (Å²) in [5, 5.41) is 1.36. The van der Waals surface area contributed by atoms with Crippen molar-refractivity contribution in [3.05, 3.63) is 72.3 Å². The van der Waals surface area contributed by atoms with Crippen molar-refractivity contribution in [3.63, 3.8) is 0 Å². The molecule has 0 bridgehead atoms. The van der Waals surface area contributed by atoms with E-state index in [2.05, 4.69) is 65.9 Å². The van der Waals surface area contributed by atoms with Gasteiger partial charge in [0.25, 0.3) is 0 Å². The average molecular weight is 325 g/mol. The molecule has 1 unspecified atom stereocenters. The molecule has 0 N–H and O–H groups in total. The Bertz CT molecular complexity index is 648. The number of fused-ring (bicyclic) bond motifs is 1. The number of allylic oxidation sites excluding steroid dienone is 2. The van der Waals surface area contributed by atoms with E-state index < -0.39 is 0 Å². The molecule has 1 aliphatic carbocycles. The lowest BCUT2D eigenvalue weighted by Gasteiger charge is -2.06. The molecule has 2 aromatic rings. The number of benzene rings is 1. The van der Waals surface area contributed by atoms with Crippen LogP contribution in [0, 0.1) is 0 Å². The summed E-state index contributed by atoms with van der Waals surface area (Å²) in [6.45, 7) is 11.9. The standard InChI is InChI=1S/C17H16NP.2C2H6/c1-2-19-17-13-18(14-9-5-3-6-10-14)16-12-8-4-7-11-15(16)17;2*1-2/h2-3,5-13,19H,1,4H2;2*1-2H3. The first kappa shape index (κ1) is 19.2. The molecular weight excluding hydrogens is 297 g/mol. The second-order valence-corrected chi connectivity index (χ2v) is 5.67. The predicted molar refractivity (Wildman–Crippen MR) is 109 cm³/mol. The minimum Gasteiger partial charge on any atom is -0.316 e. The Labute approximate surface area is 143 Å². The molecule has 0 saturated carbocycles. The summed E-state index contributed by atoms with van der Waals surface area (Å²) in [7, 11) is 0.647. The van der Waals surface area contributed by atoms with E-state index in [0.29, 0.717) is 8.58 Å². The minimum absolute atomic E-state index is 0.647. The van der Waals surface area contributed by atoms with Crippen molar-refractivity contribution in [3.8, 4) is 5.69 Å². The molecule has 23 heavy (non-hydrogen) atoms. The van der Waals surface area contributed by atoms with Gasteiger partial charge in [-0.3, -0.25) is 0 Å². The van der Waals surface area contributed by atoms with Gasteiger partial charge in [-0.25, -0.2) is 0 Å². The second-order valence-electron chi connectivity index (χ2n) is 4.44. The molecule has 3 rings (SSSR count). The number of hydrogen-bond acceptors (Lipinski definition) is 0. The van der Waals surface area contributed by atoms with Crippen molar-refractivity contribution in [1.82, 2.24) is 4.57 Å². The van der Waals surface area contributed by atoms with Crippen LogP contribution in [-0.4, -0.2) is 4.57 Å². The van der Waals surface area contributed by atoms with Gasteiger partial charge in [-0.15, -0.1) is 0 Å². The molecule has 2 heteroatoms. The predicted octanol–water partition coefficient (Wildman–Crippen LogP) is 6.41. The first-order valence-corrected chi connectivity index (χ1v) is 9.49. The lowest BCUT2D eigenvalue weighted by molar-refractivity contribution is 1.06. The third-order valence-electron chi connectivity index (χ3n) is 3.21. The molecule has 1 aromatic carbocycles. The molecule has 0 radical (unpaired) electrons. The normalized spacial score (nSPS) is 11.8. The number of hydrogen-bond donors (Lipinski definition) is 0. The van der Waals surface area contributed by atoms with Gasteiger partial charge in [0.05, 0.1) is 5.69 Å². The highest BCUT2D eigenvalue weighted by Gasteiger charge is 2.13. The first-order chi connectivity index (χ1) is 11.4. The third kappa shape index (κ3) is 4.81. The van der Waals surface area contributed by atoms with Crippen molar-refractivity contribution in [2.24, 2.45) is 0 Å². The van der Waals surface area contributed by atoms with E-state index in [4.69, 9.17) is 0 Å². The number of para-hydroxylation sites is 1. The number of aromatic nitrogens is 1. The Hall–Kier alpha value is -1.85. The van der Waals surface area contributed by atoms with Gasteiger partial charge >= 0.3 is 0 Å². The van der Waals surface area contributed by atoms with Crippen LogP contribution in [-0.2, 0) is 0 Å². The molecular formula is C21H28NP. The van der Waals surface area contributed by atoms with Gasteiger partial charge < -0.3 is 4.57 Å². The molecule has 0 aliphatic heterocycles. The highest BCUT2D eigenvalue weighted by molar-refractivity contribution is 7.50. The van der Waals surface area contributed by atoms with E-state index in [-0.39, 0.29) is 0 Å². The molecule has 122 valence electrons. The summed E-state index contributed by atoms with van der Waals surface area (Å²) < 4.78 is 2.27. The maximum atomic E-state index is 3.87. The molecule has 1 aromatic heterocycles. The highest BCUT2D eigenvalue weighted by atomic mass is 31.1. The quantitative estimate of drug-likeness (QED) is 0.575. The van der Waals surface area contributed by atoms with Gasteiger partial charge in [0.1, 0.15) is 0 Å². The zero-order chi connectivity index (χ0) is 17.1. The average Bonchev–Trinajstić information content (AvgIpc) is 2.81. The van der Waals surface area contributed by atoms with Crippen LogP contribution < -0.4 is 5.30 Å². The smallest absolute Gasteiger partial charge is 0.0531 e. The number of nitrogens with zero attached hydrogens (tertiary/aromatic N) is 1. The fourth-order valence-corrected chi connectivity index (χ4v) is 3.14. The summed E-state index contributed by atoms with van der Waals surface area (Å²) >= 11 is 0. The van der Waals surface area contributed by atoms with E-state index >= 15 is 0 Å². The van der Waals surface area contributed by atoms with Crippen LogP contribution in [0.15, 0.2) is 61.1 Å². The molecule has 1 aliphatic rings. The van der Waals surface area contributed by atoms with Crippen LogP contribution in [0.4, 0.5) is 0 Å². The van der Waals surface area contributed by atoms with E-state index in [1.165, 1.54) is 22.2 Å². The van der Waals surface area contributed by atoms with E-state index in [0.717, 1.165) is 6.42 Å². The summed E-state index contributed by atoms with van der Waals surface area (Å²) in [5.74, 6) is 1.99. The molecule has 1 heterocycles. The Kier molecular flexibility index (Phi) is 9.02. The molecule has 0 saturated heterocycles. The molecule has 0 amide bonds. The summed E-state index contributed by atoms with van der Waals surface area (Å²) in [6.07, 6.45) is 12.1. The van der Waals surface area contributed by atoms with Crippen LogP contribution >= 0.6 is 8.58 Å². The van der Waals surface area contributed by atoms with Gasteiger partial charge in [-0.1, -0.05) is 85.1 Å². The molecule has 1 nitrogen and oxygen atoms in total. The van der Waals surface area contributed by atoms with Crippen molar-refractivity contribution in [2.75, 3.05) is 0 Å². The lowest BCUT2D eigenvalue weighted by Crippen LogP contribution is -1.94. The fraction of sp³-hybridized carbons (Fsp3) is 0.238. The SMILES string of the molecule is C=CPc1cn(-c2ccccc2)c2c1C=CCC=C2.CC.CC. The van der Waals surface area contributed by atoms with E-state index in [1.54, 1.807) is 0 Å².